The molecule has 3 aromatic heterocycles. The highest BCUT2D eigenvalue weighted by atomic mass is 32.7. The lowest BCUT2D eigenvalue weighted by Crippen LogP contribution is -2.40. The van der Waals surface area contributed by atoms with Gasteiger partial charge in [0.25, 0.3) is 13.4 Å². The summed E-state index contributed by atoms with van der Waals surface area (Å²) in [6.45, 7) is -4.26. The Hall–Kier alpha value is -4.68. The number of ether oxygens (including phenoxy) is 4. The number of fused-ring (bicyclic) bond motifs is 5. The fourth-order valence-corrected chi connectivity index (χ4v) is 11.0. The van der Waals surface area contributed by atoms with Crippen molar-refractivity contribution in [2.45, 2.75) is 61.8 Å². The van der Waals surface area contributed by atoms with E-state index in [-0.39, 0.29) is 34.6 Å². The highest BCUT2D eigenvalue weighted by Gasteiger charge is 2.54. The molecule has 0 saturated carbocycles. The largest absolute Gasteiger partial charge is 0.756 e. The Kier molecular flexibility index (Phi) is 13.1. The molecule has 8 rings (SSSR count). The predicted molar refractivity (Wildman–Crippen MR) is 211 cm³/mol. The van der Waals surface area contributed by atoms with Gasteiger partial charge in [0.1, 0.15) is 48.1 Å². The number of esters is 1. The zero-order valence-corrected chi connectivity index (χ0v) is 35.0. The van der Waals surface area contributed by atoms with Crippen LogP contribution in [-0.4, -0.2) is 92.1 Å². The molecule has 5 aromatic rings. The summed E-state index contributed by atoms with van der Waals surface area (Å²) < 4.78 is 92.8. The number of alkyl halides is 1. The number of carbonyl (C=O) groups excluding carboxylic acids is 1. The molecule has 0 amide bonds. The molecule has 3 fully saturated rings. The summed E-state index contributed by atoms with van der Waals surface area (Å²) in [4.78, 5) is 65.2. The number of nitrogen functional groups attached to an aromatic ring is 1. The van der Waals surface area contributed by atoms with Gasteiger partial charge in [-0.15, -0.1) is 0 Å². The number of carbonyl (C=O) groups is 1. The maximum atomic E-state index is 16.4. The van der Waals surface area contributed by atoms with Gasteiger partial charge < -0.3 is 44.8 Å². The van der Waals surface area contributed by atoms with Crippen LogP contribution in [0.5, 0.6) is 5.75 Å². The van der Waals surface area contributed by atoms with Gasteiger partial charge in [-0.1, -0.05) is 29.8 Å². The van der Waals surface area contributed by atoms with Gasteiger partial charge >= 0.3 is 18.5 Å². The maximum absolute atomic E-state index is 16.4. The van der Waals surface area contributed by atoms with Crippen LogP contribution in [0.4, 0.5) is 10.2 Å². The first-order valence-corrected chi connectivity index (χ1v) is 22.6. The normalized spacial score (nSPS) is 30.4. The van der Waals surface area contributed by atoms with Crippen molar-refractivity contribution in [3.05, 3.63) is 111 Å². The predicted octanol–water partition coefficient (Wildman–Crippen LogP) is 3.34. The zero-order valence-electron chi connectivity index (χ0n) is 32.4. The van der Waals surface area contributed by atoms with E-state index in [0.717, 1.165) is 28.7 Å². The van der Waals surface area contributed by atoms with Gasteiger partial charge in [-0.25, -0.2) is 33.5 Å². The number of nitrogens with two attached hydrogens (primary N) is 1. The Morgan fingerprint density at radius 3 is 2.39 bits per heavy atom. The first-order chi connectivity index (χ1) is 28.7. The SMILES string of the molecule is CO[C@H]1[C@H]2OP(=O)(SCc3ccc(OC(=O)c4ccc(C)cc4)cc3)OC[C@H]3O[C@@H](n4cnc5c(N)ncnc54)[C@H](OP(=O)([O-])OC[C@H]1O[C@H]2n1ccc(=O)[nH]c1=O)[C@@H]3F.[NH4+]. The van der Waals surface area contributed by atoms with E-state index in [9.17, 15) is 28.4 Å². The van der Waals surface area contributed by atoms with Crippen LogP contribution in [0.3, 0.4) is 0 Å². The number of aromatic nitrogens is 6. The molecule has 26 heteroatoms. The van der Waals surface area contributed by atoms with Crippen LogP contribution in [0.2, 0.25) is 0 Å². The summed E-state index contributed by atoms with van der Waals surface area (Å²) in [6, 6.07) is 14.2. The number of hydrogen-bond donors (Lipinski definition) is 3. The van der Waals surface area contributed by atoms with E-state index in [2.05, 4.69) is 19.9 Å². The molecule has 2 unspecified atom stereocenters. The van der Waals surface area contributed by atoms with Gasteiger partial charge in [0.15, 0.2) is 30.1 Å². The molecule has 3 aliphatic rings. The van der Waals surface area contributed by atoms with Crippen LogP contribution >= 0.6 is 26.0 Å². The van der Waals surface area contributed by atoms with Crippen molar-refractivity contribution >= 4 is 49.0 Å². The van der Waals surface area contributed by atoms with Crippen LogP contribution in [0.25, 0.3) is 11.2 Å². The van der Waals surface area contributed by atoms with E-state index < -0.39 is 94.2 Å². The van der Waals surface area contributed by atoms with E-state index in [1.54, 1.807) is 36.4 Å². The number of quaternary nitrogens is 1. The average Bonchev–Trinajstić information content (AvgIpc) is 3.89. The second-order valence-corrected chi connectivity index (χ2v) is 19.1. The lowest BCUT2D eigenvalue weighted by atomic mass is 10.1. The molecule has 22 nitrogen and oxygen atoms in total. The Morgan fingerprint density at radius 2 is 1.67 bits per heavy atom. The summed E-state index contributed by atoms with van der Waals surface area (Å²) in [6.07, 6.45) is -9.59. The minimum atomic E-state index is -5.41. The third-order valence-electron chi connectivity index (χ3n) is 9.71. The Balaban J connectivity index is 0.00000561. The number of halogens is 1. The Bertz CT molecular complexity index is 2600. The van der Waals surface area contributed by atoms with Crippen molar-refractivity contribution in [2.24, 2.45) is 0 Å². The highest BCUT2D eigenvalue weighted by molar-refractivity contribution is 8.54. The third kappa shape index (κ3) is 9.40. The van der Waals surface area contributed by atoms with Gasteiger partial charge in [-0.3, -0.25) is 32.5 Å². The smallest absolute Gasteiger partial charge is 0.390 e. The number of imidazole rings is 1. The zero-order chi connectivity index (χ0) is 42.3. The monoisotopic (exact) mass is 908 g/mol. The van der Waals surface area contributed by atoms with Crippen LogP contribution in [-0.2, 0) is 47.2 Å². The Morgan fingerprint density at radius 1 is 0.967 bits per heavy atom. The van der Waals surface area contributed by atoms with Gasteiger partial charge in [-0.05, 0) is 48.1 Å². The van der Waals surface area contributed by atoms with Crippen LogP contribution in [0.1, 0.15) is 33.9 Å². The van der Waals surface area contributed by atoms with Gasteiger partial charge in [-0.2, -0.15) is 0 Å². The van der Waals surface area contributed by atoms with E-state index in [4.69, 9.17) is 42.8 Å². The molecule has 3 aliphatic heterocycles. The molecular weight excluding hydrogens is 869 g/mol. The Labute approximate surface area is 348 Å². The molecule has 61 heavy (non-hydrogen) atoms. The first kappa shape index (κ1) is 44.4. The first-order valence-electron chi connectivity index (χ1n) is 18.0. The fourth-order valence-electron chi connectivity index (χ4n) is 6.73. The van der Waals surface area contributed by atoms with Gasteiger partial charge in [0.2, 0.25) is 0 Å². The molecule has 0 spiro atoms. The number of phosphoric ester groups is 1. The number of phosphoric acid groups is 1. The summed E-state index contributed by atoms with van der Waals surface area (Å²) in [5, 5.41) is 0. The molecule has 3 saturated heterocycles. The standard InChI is InChI=1S/C35H36FN7O14P2S.H3N/c1-18-3-7-20(8-4-18)34(45)53-21-9-5-19(6-10-21)15-60-59(49)52-13-22-25(36)28(32(54-22)43-17-40-26-30(37)38-16-39-31(26)43)56-58(47,48)51-14-23-27(50-2)29(57-59)33(55-23)42-12-11-24(44)41-35(42)46;/h3-12,16-17,22-23,25,27-29,32-33H,13-15H2,1-2H3,(H,47,48)(H2,37,38,39)(H,41,44,46);1H3/t22-,23-,25-,27-,28-,29-,32-,33-,59?;/m1./s1. The van der Waals surface area contributed by atoms with Crippen molar-refractivity contribution in [2.75, 3.05) is 26.1 Å². The maximum Gasteiger partial charge on any atom is 0.390 e. The summed E-state index contributed by atoms with van der Waals surface area (Å²) in [5.74, 6) is -0.395. The number of methoxy groups -OCH3 is 1. The number of H-pyrrole nitrogens is 1. The number of benzene rings is 2. The number of hydrogen-bond acceptors (Lipinski definition) is 19. The number of aryl methyl sites for hydroxylation is 1. The third-order valence-corrected chi connectivity index (χ3v) is 14.3. The van der Waals surface area contributed by atoms with E-state index in [1.165, 1.54) is 30.1 Å². The molecule has 7 N–H and O–H groups in total. The van der Waals surface area contributed by atoms with E-state index in [1.807, 2.05) is 6.92 Å². The quantitative estimate of drug-likeness (QED) is 0.114. The van der Waals surface area contributed by atoms with Crippen molar-refractivity contribution in [3.8, 4) is 5.75 Å². The highest BCUT2D eigenvalue weighted by Crippen LogP contribution is 2.64. The second kappa shape index (κ2) is 18.0. The number of anilines is 1. The molecule has 0 aliphatic carbocycles. The summed E-state index contributed by atoms with van der Waals surface area (Å²) in [5.41, 5.74) is 6.33. The van der Waals surface area contributed by atoms with Gasteiger partial charge in [0.05, 0.1) is 25.1 Å². The van der Waals surface area contributed by atoms with Crippen LogP contribution in [0, 0.1) is 6.92 Å². The lowest BCUT2D eigenvalue weighted by molar-refractivity contribution is -0.236. The molecule has 4 bridgehead atoms. The van der Waals surface area contributed by atoms with Gasteiger partial charge in [0, 0.05) is 25.1 Å². The van der Waals surface area contributed by atoms with Crippen LogP contribution < -0.4 is 32.8 Å². The lowest BCUT2D eigenvalue weighted by Gasteiger charge is -2.31. The second-order valence-electron chi connectivity index (χ2n) is 13.7. The summed E-state index contributed by atoms with van der Waals surface area (Å²) in [7, 11) is -4.18. The van der Waals surface area contributed by atoms with E-state index >= 15 is 4.39 Å². The van der Waals surface area contributed by atoms with E-state index in [0.29, 0.717) is 22.5 Å². The molecular formula is C35H39FN8O14P2S. The molecule has 6 heterocycles. The van der Waals surface area contributed by atoms with Crippen molar-refractivity contribution in [3.63, 3.8) is 0 Å². The van der Waals surface area contributed by atoms with Crippen molar-refractivity contribution in [1.29, 1.82) is 0 Å². The molecule has 10 atom stereocenters. The number of nitrogens with zero attached hydrogens (tertiary/aromatic N) is 5. The number of nitrogens with one attached hydrogen (secondary N) is 1. The molecule has 2 aromatic carbocycles. The van der Waals surface area contributed by atoms with Crippen LogP contribution in [0.15, 0.2) is 83.0 Å². The minimum Gasteiger partial charge on any atom is -0.756 e. The number of rotatable bonds is 8. The van der Waals surface area contributed by atoms with Crippen molar-refractivity contribution in [1.82, 2.24) is 35.2 Å². The fraction of sp³-hybridized carbons (Fsp3) is 0.371. The topological polar surface area (TPSA) is 309 Å². The van der Waals surface area contributed by atoms with Crippen molar-refractivity contribution < 1.29 is 60.3 Å². The average molecular weight is 909 g/mol. The molecule has 0 radical (unpaired) electrons. The summed E-state index contributed by atoms with van der Waals surface area (Å²) >= 11 is 0.680. The minimum absolute atomic E-state index is 0. The molecule has 326 valence electrons. The number of aromatic amines is 1.